The first-order valence-corrected chi connectivity index (χ1v) is 10.2. The zero-order valence-electron chi connectivity index (χ0n) is 16.6. The van der Waals surface area contributed by atoms with Crippen LogP contribution in [0.1, 0.15) is 25.3 Å². The number of nitrogens with one attached hydrogen (secondary N) is 3. The second kappa shape index (κ2) is 9.15. The maximum Gasteiger partial charge on any atom is 0.247 e. The number of carbonyl (C=O) groups is 1. The summed E-state index contributed by atoms with van der Waals surface area (Å²) in [5.41, 5.74) is 2.05. The molecule has 2 atom stereocenters. The number of rotatable bonds is 7. The molecule has 0 aliphatic heterocycles. The number of carbonyl (C=O) groups excluding carboxylic acids is 1. The molecule has 1 aliphatic carbocycles. The number of aromatic nitrogens is 4. The summed E-state index contributed by atoms with van der Waals surface area (Å²) in [4.78, 5) is 20.2. The molecule has 1 fully saturated rings. The fourth-order valence-corrected chi connectivity index (χ4v) is 3.56. The number of hydrogen-bond acceptors (Lipinski definition) is 7. The van der Waals surface area contributed by atoms with Crippen LogP contribution in [-0.2, 0) is 4.79 Å². The summed E-state index contributed by atoms with van der Waals surface area (Å²) in [7, 11) is 0. The van der Waals surface area contributed by atoms with Crippen LogP contribution in [-0.4, -0.2) is 36.9 Å². The van der Waals surface area contributed by atoms with E-state index in [9.17, 15) is 9.90 Å². The smallest absolute Gasteiger partial charge is 0.247 e. The van der Waals surface area contributed by atoms with Crippen LogP contribution in [0.2, 0.25) is 5.02 Å². The number of halogens is 1. The summed E-state index contributed by atoms with van der Waals surface area (Å²) < 4.78 is 1.86. The molecule has 0 spiro atoms. The van der Waals surface area contributed by atoms with E-state index in [2.05, 4.69) is 37.6 Å². The Balaban J connectivity index is 1.47. The molecule has 0 radical (unpaired) electrons. The minimum atomic E-state index is -0.295. The molecule has 2 unspecified atom stereocenters. The quantitative estimate of drug-likeness (QED) is 0.410. The lowest BCUT2D eigenvalue weighted by Gasteiger charge is -2.11. The van der Waals surface area contributed by atoms with Crippen LogP contribution in [0.5, 0.6) is 0 Å². The highest BCUT2D eigenvalue weighted by molar-refractivity contribution is 6.32. The van der Waals surface area contributed by atoms with Crippen molar-refractivity contribution in [2.75, 3.05) is 16.0 Å². The lowest BCUT2D eigenvalue weighted by Crippen LogP contribution is -2.07. The Hall–Kier alpha value is -3.43. The minimum absolute atomic E-state index is 0.197. The van der Waals surface area contributed by atoms with Gasteiger partial charge in [-0.15, -0.1) is 0 Å². The number of nitrogens with zero attached hydrogens (tertiary/aromatic N) is 4. The van der Waals surface area contributed by atoms with Crippen LogP contribution in [0.25, 0.3) is 0 Å². The zero-order chi connectivity index (χ0) is 21.8. The van der Waals surface area contributed by atoms with Crippen LogP contribution in [0.3, 0.4) is 0 Å². The molecule has 0 saturated heterocycles. The predicted molar refractivity (Wildman–Crippen MR) is 120 cm³/mol. The van der Waals surface area contributed by atoms with E-state index >= 15 is 0 Å². The van der Waals surface area contributed by atoms with Crippen molar-refractivity contribution in [3.8, 4) is 0 Å². The highest BCUT2D eigenvalue weighted by Crippen LogP contribution is 2.31. The average molecular weight is 440 g/mol. The van der Waals surface area contributed by atoms with E-state index in [0.717, 1.165) is 18.5 Å². The molecule has 1 aromatic carbocycles. The molecule has 31 heavy (non-hydrogen) atoms. The van der Waals surface area contributed by atoms with Crippen LogP contribution in [0.4, 0.5) is 28.8 Å². The molecule has 10 heteroatoms. The Kier molecular flexibility index (Phi) is 6.15. The van der Waals surface area contributed by atoms with Crippen molar-refractivity contribution in [2.45, 2.75) is 31.4 Å². The Bertz CT molecular complexity index is 1100. The zero-order valence-corrected chi connectivity index (χ0v) is 17.4. The predicted octanol–water partition coefficient (Wildman–Crippen LogP) is 4.02. The number of aliphatic hydroxyl groups excluding tert-OH is 1. The van der Waals surface area contributed by atoms with E-state index < -0.39 is 0 Å². The van der Waals surface area contributed by atoms with Gasteiger partial charge in [0, 0.05) is 17.6 Å². The third-order valence-corrected chi connectivity index (χ3v) is 5.21. The van der Waals surface area contributed by atoms with E-state index in [1.807, 2.05) is 16.9 Å². The van der Waals surface area contributed by atoms with Crippen LogP contribution < -0.4 is 16.0 Å². The van der Waals surface area contributed by atoms with Gasteiger partial charge in [-0.3, -0.25) is 9.48 Å². The number of benzene rings is 1. The standard InChI is InChI=1S/C21H22ClN7O2/c1-2-19(31)25-13-4-3-5-14(8-13)26-20-18(22)11-23-21(28-20)27-15-10-24-29(12-15)16-6-7-17(30)9-16/h2-5,8,10-12,16-17,30H,1,6-7,9H2,(H,25,31)(H2,23,26,27,28). The summed E-state index contributed by atoms with van der Waals surface area (Å²) in [5.74, 6) is 0.475. The monoisotopic (exact) mass is 439 g/mol. The Morgan fingerprint density at radius 2 is 2.06 bits per heavy atom. The van der Waals surface area contributed by atoms with E-state index in [1.54, 1.807) is 24.4 Å². The van der Waals surface area contributed by atoms with Gasteiger partial charge in [-0.2, -0.15) is 10.1 Å². The third kappa shape index (κ3) is 5.19. The first-order chi connectivity index (χ1) is 15.0. The molecule has 9 nitrogen and oxygen atoms in total. The van der Waals surface area contributed by atoms with Gasteiger partial charge in [0.15, 0.2) is 5.82 Å². The normalized spacial score (nSPS) is 17.9. The van der Waals surface area contributed by atoms with E-state index in [0.29, 0.717) is 34.6 Å². The van der Waals surface area contributed by atoms with Gasteiger partial charge in [0.05, 0.1) is 30.2 Å². The maximum atomic E-state index is 11.5. The summed E-state index contributed by atoms with van der Waals surface area (Å²) in [6.07, 6.45) is 8.42. The summed E-state index contributed by atoms with van der Waals surface area (Å²) in [5, 5.41) is 23.4. The number of aliphatic hydroxyl groups is 1. The van der Waals surface area contributed by atoms with E-state index in [1.165, 1.54) is 12.3 Å². The van der Waals surface area contributed by atoms with Crippen molar-refractivity contribution in [2.24, 2.45) is 0 Å². The summed E-state index contributed by atoms with van der Waals surface area (Å²) >= 11 is 6.26. The average Bonchev–Trinajstić information content (AvgIpc) is 3.39. The molecule has 0 bridgehead atoms. The Labute approximate surface area is 184 Å². The molecule has 160 valence electrons. The van der Waals surface area contributed by atoms with Gasteiger partial charge in [-0.05, 0) is 43.5 Å². The number of amides is 1. The lowest BCUT2D eigenvalue weighted by molar-refractivity contribution is -0.111. The van der Waals surface area contributed by atoms with E-state index in [4.69, 9.17) is 11.6 Å². The van der Waals surface area contributed by atoms with Gasteiger partial charge in [-0.25, -0.2) is 4.98 Å². The van der Waals surface area contributed by atoms with Gasteiger partial charge < -0.3 is 21.1 Å². The molecule has 3 aromatic rings. The van der Waals surface area contributed by atoms with Gasteiger partial charge in [0.25, 0.3) is 0 Å². The molecule has 1 aliphatic rings. The highest BCUT2D eigenvalue weighted by Gasteiger charge is 2.24. The molecular formula is C21H22ClN7O2. The molecule has 4 rings (SSSR count). The molecule has 1 saturated carbocycles. The van der Waals surface area contributed by atoms with Gasteiger partial charge >= 0.3 is 0 Å². The van der Waals surface area contributed by atoms with E-state index in [-0.39, 0.29) is 18.1 Å². The third-order valence-electron chi connectivity index (χ3n) is 4.93. The molecular weight excluding hydrogens is 418 g/mol. The fourth-order valence-electron chi connectivity index (χ4n) is 3.43. The van der Waals surface area contributed by atoms with Crippen molar-refractivity contribution < 1.29 is 9.90 Å². The molecule has 2 aromatic heterocycles. The fraction of sp³-hybridized carbons (Fsp3) is 0.238. The Morgan fingerprint density at radius 3 is 2.84 bits per heavy atom. The highest BCUT2D eigenvalue weighted by atomic mass is 35.5. The van der Waals surface area contributed by atoms with Crippen molar-refractivity contribution in [3.63, 3.8) is 0 Å². The summed E-state index contributed by atoms with van der Waals surface area (Å²) in [6.45, 7) is 3.44. The SMILES string of the molecule is C=CC(=O)Nc1cccc(Nc2nc(Nc3cnn(C4CCC(O)C4)c3)ncc2Cl)c1. The van der Waals surface area contributed by atoms with Crippen molar-refractivity contribution in [1.29, 1.82) is 0 Å². The van der Waals surface area contributed by atoms with Crippen molar-refractivity contribution in [1.82, 2.24) is 19.7 Å². The topological polar surface area (TPSA) is 117 Å². The van der Waals surface area contributed by atoms with Gasteiger partial charge in [0.2, 0.25) is 11.9 Å². The van der Waals surface area contributed by atoms with Gasteiger partial charge in [-0.1, -0.05) is 24.2 Å². The van der Waals surface area contributed by atoms with Crippen molar-refractivity contribution >= 4 is 46.3 Å². The first kappa shape index (κ1) is 20.8. The number of hydrogen-bond donors (Lipinski definition) is 4. The molecule has 1 amide bonds. The molecule has 2 heterocycles. The van der Waals surface area contributed by atoms with Crippen LogP contribution >= 0.6 is 11.6 Å². The van der Waals surface area contributed by atoms with Gasteiger partial charge in [0.1, 0.15) is 5.02 Å². The first-order valence-electron chi connectivity index (χ1n) is 9.82. The maximum absolute atomic E-state index is 11.5. The van der Waals surface area contributed by atoms with Crippen LogP contribution in [0, 0.1) is 0 Å². The summed E-state index contributed by atoms with van der Waals surface area (Å²) in [6, 6.07) is 7.34. The number of anilines is 5. The van der Waals surface area contributed by atoms with Crippen LogP contribution in [0.15, 0.2) is 55.5 Å². The Morgan fingerprint density at radius 1 is 1.23 bits per heavy atom. The largest absolute Gasteiger partial charge is 0.393 e. The molecule has 4 N–H and O–H groups in total. The second-order valence-electron chi connectivity index (χ2n) is 7.24. The minimum Gasteiger partial charge on any atom is -0.393 e. The van der Waals surface area contributed by atoms with Crippen molar-refractivity contribution in [3.05, 3.63) is 60.5 Å². The lowest BCUT2D eigenvalue weighted by atomic mass is 10.2. The second-order valence-corrected chi connectivity index (χ2v) is 7.65.